The summed E-state index contributed by atoms with van der Waals surface area (Å²) in [4.78, 5) is 28.1. The van der Waals surface area contributed by atoms with E-state index in [1.165, 1.54) is 12.1 Å². The number of ketones is 1. The molecule has 1 aromatic carbocycles. The Labute approximate surface area is 143 Å². The van der Waals surface area contributed by atoms with Crippen LogP contribution in [0.2, 0.25) is 0 Å². The molecule has 0 saturated carbocycles. The molecular formula is C19H16FNO2S. The first-order chi connectivity index (χ1) is 11.6. The highest BCUT2D eigenvalue weighted by Crippen LogP contribution is 2.44. The fourth-order valence-electron chi connectivity index (χ4n) is 3.62. The minimum Gasteiger partial charge on any atom is -0.294 e. The first kappa shape index (κ1) is 15.3. The van der Waals surface area contributed by atoms with Crippen LogP contribution < -0.4 is 4.90 Å². The second kappa shape index (κ2) is 5.98. The van der Waals surface area contributed by atoms with E-state index in [2.05, 4.69) is 0 Å². The molecule has 0 bridgehead atoms. The summed E-state index contributed by atoms with van der Waals surface area (Å²) in [6.07, 6.45) is 2.26. The van der Waals surface area contributed by atoms with Crippen LogP contribution >= 0.6 is 11.3 Å². The van der Waals surface area contributed by atoms with Crippen LogP contribution in [0.1, 0.15) is 36.5 Å². The molecule has 0 N–H and O–H groups in total. The van der Waals surface area contributed by atoms with Gasteiger partial charge in [0.15, 0.2) is 5.78 Å². The number of nitrogens with zero attached hydrogens (tertiary/aromatic N) is 1. The molecule has 2 aliphatic rings. The van der Waals surface area contributed by atoms with Crippen molar-refractivity contribution in [3.05, 3.63) is 63.7 Å². The molecule has 24 heavy (non-hydrogen) atoms. The summed E-state index contributed by atoms with van der Waals surface area (Å²) in [6, 6.07) is 9.83. The van der Waals surface area contributed by atoms with Gasteiger partial charge < -0.3 is 0 Å². The van der Waals surface area contributed by atoms with Crippen molar-refractivity contribution >= 4 is 28.7 Å². The first-order valence-corrected chi connectivity index (χ1v) is 8.91. The van der Waals surface area contributed by atoms with Gasteiger partial charge in [-0.3, -0.25) is 14.5 Å². The van der Waals surface area contributed by atoms with Gasteiger partial charge in [0.05, 0.1) is 0 Å². The third kappa shape index (κ3) is 2.49. The quantitative estimate of drug-likeness (QED) is 0.811. The lowest BCUT2D eigenvalue weighted by molar-refractivity contribution is -0.119. The predicted octanol–water partition coefficient (Wildman–Crippen LogP) is 4.41. The molecule has 5 heteroatoms. The standard InChI is InChI=1S/C19H16FNO2S/c20-12-6-8-13(9-7-12)21-15-3-1-4-16(22)19(15)14(11-18(21)23)17-5-2-10-24-17/h2,5-10,14H,1,3-4,11H2/t14-/m1/s1. The predicted molar refractivity (Wildman–Crippen MR) is 91.4 cm³/mol. The Bertz CT molecular complexity index is 824. The molecule has 1 aromatic heterocycles. The van der Waals surface area contributed by atoms with Crippen molar-refractivity contribution in [1.82, 2.24) is 0 Å². The van der Waals surface area contributed by atoms with E-state index in [9.17, 15) is 14.0 Å². The van der Waals surface area contributed by atoms with Crippen LogP contribution in [0.4, 0.5) is 10.1 Å². The molecule has 2 aromatic rings. The van der Waals surface area contributed by atoms with E-state index in [1.54, 1.807) is 28.4 Å². The molecule has 1 atom stereocenters. The van der Waals surface area contributed by atoms with Crippen molar-refractivity contribution in [2.24, 2.45) is 0 Å². The number of Topliss-reactive ketones (excluding diaryl/α,β-unsaturated/α-hetero) is 1. The number of anilines is 1. The molecule has 0 saturated heterocycles. The van der Waals surface area contributed by atoms with Crippen molar-refractivity contribution in [2.45, 2.75) is 31.6 Å². The number of carbonyl (C=O) groups is 2. The summed E-state index contributed by atoms with van der Waals surface area (Å²) in [5.41, 5.74) is 2.20. The average molecular weight is 341 g/mol. The van der Waals surface area contributed by atoms with Gasteiger partial charge in [0, 0.05) is 40.6 Å². The molecule has 2 heterocycles. The van der Waals surface area contributed by atoms with Gasteiger partial charge in [-0.15, -0.1) is 11.3 Å². The normalized spacial score (nSPS) is 21.2. The van der Waals surface area contributed by atoms with Crippen LogP contribution in [-0.4, -0.2) is 11.7 Å². The molecular weight excluding hydrogens is 325 g/mol. The van der Waals surface area contributed by atoms with Gasteiger partial charge in [0.25, 0.3) is 0 Å². The number of thiophene rings is 1. The third-order valence-corrected chi connectivity index (χ3v) is 5.63. The highest BCUT2D eigenvalue weighted by Gasteiger charge is 2.39. The van der Waals surface area contributed by atoms with Crippen LogP contribution in [0.3, 0.4) is 0 Å². The lowest BCUT2D eigenvalue weighted by atomic mass is 9.79. The van der Waals surface area contributed by atoms with E-state index in [0.29, 0.717) is 18.5 Å². The van der Waals surface area contributed by atoms with Crippen LogP contribution in [0.15, 0.2) is 53.0 Å². The average Bonchev–Trinajstić information content (AvgIpc) is 3.10. The zero-order valence-electron chi connectivity index (χ0n) is 13.0. The van der Waals surface area contributed by atoms with Crippen LogP contribution in [0.5, 0.6) is 0 Å². The Morgan fingerprint density at radius 3 is 2.58 bits per heavy atom. The number of benzene rings is 1. The van der Waals surface area contributed by atoms with Crippen LogP contribution in [0, 0.1) is 5.82 Å². The molecule has 3 nitrogen and oxygen atoms in total. The molecule has 0 spiro atoms. The monoisotopic (exact) mass is 341 g/mol. The molecule has 0 unspecified atom stereocenters. The molecule has 0 radical (unpaired) electrons. The summed E-state index contributed by atoms with van der Waals surface area (Å²) >= 11 is 1.58. The maximum Gasteiger partial charge on any atom is 0.232 e. The topological polar surface area (TPSA) is 37.4 Å². The van der Waals surface area contributed by atoms with Gasteiger partial charge in [0.2, 0.25) is 5.91 Å². The Morgan fingerprint density at radius 2 is 1.88 bits per heavy atom. The van der Waals surface area contributed by atoms with Gasteiger partial charge in [-0.2, -0.15) is 0 Å². The number of halogens is 1. The maximum atomic E-state index is 13.2. The van der Waals surface area contributed by atoms with Crippen LogP contribution in [-0.2, 0) is 9.59 Å². The zero-order chi connectivity index (χ0) is 16.7. The number of rotatable bonds is 2. The summed E-state index contributed by atoms with van der Waals surface area (Å²) in [5, 5.41) is 1.97. The minimum absolute atomic E-state index is 0.0338. The fraction of sp³-hybridized carbons (Fsp3) is 0.263. The lowest BCUT2D eigenvalue weighted by Crippen LogP contribution is -2.40. The van der Waals surface area contributed by atoms with E-state index in [-0.39, 0.29) is 29.8 Å². The van der Waals surface area contributed by atoms with Gasteiger partial charge in [-0.25, -0.2) is 4.39 Å². The number of hydrogen-bond donors (Lipinski definition) is 0. The largest absolute Gasteiger partial charge is 0.294 e. The summed E-state index contributed by atoms with van der Waals surface area (Å²) in [7, 11) is 0. The van der Waals surface area contributed by atoms with Crippen molar-refractivity contribution in [1.29, 1.82) is 0 Å². The summed E-state index contributed by atoms with van der Waals surface area (Å²) in [5.74, 6) is -0.381. The van der Waals surface area contributed by atoms with Gasteiger partial charge in [-0.1, -0.05) is 6.07 Å². The zero-order valence-corrected chi connectivity index (χ0v) is 13.8. The fourth-order valence-corrected chi connectivity index (χ4v) is 4.45. The minimum atomic E-state index is -0.339. The number of allylic oxidation sites excluding steroid dienone is 2. The number of carbonyl (C=O) groups excluding carboxylic acids is 2. The number of amides is 1. The van der Waals surface area contributed by atoms with E-state index in [4.69, 9.17) is 0 Å². The van der Waals surface area contributed by atoms with Crippen LogP contribution in [0.25, 0.3) is 0 Å². The second-order valence-corrected chi connectivity index (χ2v) is 7.09. The molecule has 4 rings (SSSR count). The highest BCUT2D eigenvalue weighted by atomic mass is 32.1. The molecule has 1 amide bonds. The van der Waals surface area contributed by atoms with Crippen molar-refractivity contribution in [3.8, 4) is 0 Å². The van der Waals surface area contributed by atoms with E-state index in [0.717, 1.165) is 22.6 Å². The Morgan fingerprint density at radius 1 is 1.08 bits per heavy atom. The maximum absolute atomic E-state index is 13.2. The van der Waals surface area contributed by atoms with Crippen molar-refractivity contribution in [2.75, 3.05) is 4.90 Å². The smallest absolute Gasteiger partial charge is 0.232 e. The molecule has 1 aliphatic carbocycles. The van der Waals surface area contributed by atoms with Gasteiger partial charge in [0.1, 0.15) is 5.82 Å². The van der Waals surface area contributed by atoms with E-state index in [1.807, 2.05) is 17.5 Å². The Balaban J connectivity index is 1.85. The number of hydrogen-bond acceptors (Lipinski definition) is 3. The highest BCUT2D eigenvalue weighted by molar-refractivity contribution is 7.10. The van der Waals surface area contributed by atoms with E-state index < -0.39 is 0 Å². The van der Waals surface area contributed by atoms with E-state index >= 15 is 0 Å². The van der Waals surface area contributed by atoms with Gasteiger partial charge >= 0.3 is 0 Å². The van der Waals surface area contributed by atoms with Gasteiger partial charge in [-0.05, 0) is 48.6 Å². The lowest BCUT2D eigenvalue weighted by Gasteiger charge is -2.37. The molecule has 122 valence electrons. The third-order valence-electron chi connectivity index (χ3n) is 4.65. The second-order valence-electron chi connectivity index (χ2n) is 6.11. The van der Waals surface area contributed by atoms with Crippen molar-refractivity contribution in [3.63, 3.8) is 0 Å². The summed E-state index contributed by atoms with van der Waals surface area (Å²) in [6.45, 7) is 0. The Hall–Kier alpha value is -2.27. The molecule has 0 fully saturated rings. The first-order valence-electron chi connectivity index (χ1n) is 8.03. The Kier molecular flexibility index (Phi) is 3.81. The van der Waals surface area contributed by atoms with Crippen molar-refractivity contribution < 1.29 is 14.0 Å². The SMILES string of the molecule is O=C1CCCC2=C1[C@@H](c1cccs1)CC(=O)N2c1ccc(F)cc1. The summed E-state index contributed by atoms with van der Waals surface area (Å²) < 4.78 is 13.2. The molecule has 1 aliphatic heterocycles.